The molecule has 0 saturated heterocycles. The highest BCUT2D eigenvalue weighted by molar-refractivity contribution is 7.89. The topological polar surface area (TPSA) is 75.3 Å². The van der Waals surface area contributed by atoms with Gasteiger partial charge in [0, 0.05) is 18.7 Å². The van der Waals surface area contributed by atoms with Gasteiger partial charge in [-0.25, -0.2) is 13.1 Å². The molecule has 0 aromatic heterocycles. The molecular formula is C17H28N2O3S. The first kappa shape index (κ1) is 19.6. The number of benzene rings is 1. The number of amides is 1. The number of rotatable bonds is 10. The van der Waals surface area contributed by atoms with Crippen LogP contribution in [0.4, 0.5) is 0 Å². The smallest absolute Gasteiger partial charge is 0.251 e. The lowest BCUT2D eigenvalue weighted by Gasteiger charge is -2.09. The molecule has 1 aromatic carbocycles. The van der Waals surface area contributed by atoms with Crippen LogP contribution >= 0.6 is 0 Å². The molecule has 0 aliphatic heterocycles. The summed E-state index contributed by atoms with van der Waals surface area (Å²) in [6, 6.07) is 6.04. The van der Waals surface area contributed by atoms with Gasteiger partial charge in [0.1, 0.15) is 0 Å². The van der Waals surface area contributed by atoms with Gasteiger partial charge < -0.3 is 5.32 Å². The third-order valence-electron chi connectivity index (χ3n) is 3.51. The van der Waals surface area contributed by atoms with Crippen molar-refractivity contribution in [3.05, 3.63) is 29.8 Å². The molecule has 0 aliphatic rings. The van der Waals surface area contributed by atoms with Crippen LogP contribution in [0.5, 0.6) is 0 Å². The second-order valence-corrected chi connectivity index (χ2v) is 7.83. The van der Waals surface area contributed by atoms with E-state index >= 15 is 0 Å². The van der Waals surface area contributed by atoms with Gasteiger partial charge in [0.2, 0.25) is 10.0 Å². The Morgan fingerprint density at radius 1 is 1.09 bits per heavy atom. The SMILES string of the molecule is CCCCCNC(=O)c1ccc(S(=O)(=O)NCCC(C)C)cc1. The zero-order valence-corrected chi connectivity index (χ0v) is 15.1. The van der Waals surface area contributed by atoms with Crippen LogP contribution in [0, 0.1) is 5.92 Å². The van der Waals surface area contributed by atoms with E-state index in [9.17, 15) is 13.2 Å². The fourth-order valence-electron chi connectivity index (χ4n) is 2.03. The van der Waals surface area contributed by atoms with Crippen LogP contribution < -0.4 is 10.0 Å². The van der Waals surface area contributed by atoms with Crippen LogP contribution in [0.15, 0.2) is 29.2 Å². The first-order valence-corrected chi connectivity index (χ1v) is 9.73. The fourth-order valence-corrected chi connectivity index (χ4v) is 3.08. The summed E-state index contributed by atoms with van der Waals surface area (Å²) in [5.74, 6) is 0.272. The monoisotopic (exact) mass is 340 g/mol. The average Bonchev–Trinajstić information content (AvgIpc) is 2.51. The quantitative estimate of drug-likeness (QED) is 0.643. The van der Waals surface area contributed by atoms with Crippen LogP contribution in [-0.2, 0) is 10.0 Å². The zero-order valence-electron chi connectivity index (χ0n) is 14.3. The molecule has 0 spiro atoms. The lowest BCUT2D eigenvalue weighted by Crippen LogP contribution is -2.26. The van der Waals surface area contributed by atoms with Gasteiger partial charge >= 0.3 is 0 Å². The maximum Gasteiger partial charge on any atom is 0.251 e. The summed E-state index contributed by atoms with van der Waals surface area (Å²) in [6.07, 6.45) is 3.93. The Kier molecular flexibility index (Phi) is 8.26. The van der Waals surface area contributed by atoms with Crippen molar-refractivity contribution in [1.82, 2.24) is 10.0 Å². The molecule has 5 nitrogen and oxygen atoms in total. The number of nitrogens with one attached hydrogen (secondary N) is 2. The van der Waals surface area contributed by atoms with Crippen molar-refractivity contribution >= 4 is 15.9 Å². The lowest BCUT2D eigenvalue weighted by molar-refractivity contribution is 0.0953. The molecule has 1 rings (SSSR count). The summed E-state index contributed by atoms with van der Waals surface area (Å²) >= 11 is 0. The largest absolute Gasteiger partial charge is 0.352 e. The first-order valence-electron chi connectivity index (χ1n) is 8.24. The molecular weight excluding hydrogens is 312 g/mol. The Labute approximate surface area is 139 Å². The Bertz CT molecular complexity index is 580. The molecule has 0 atom stereocenters. The van der Waals surface area contributed by atoms with Gasteiger partial charge in [-0.05, 0) is 43.0 Å². The minimum Gasteiger partial charge on any atom is -0.352 e. The van der Waals surface area contributed by atoms with E-state index < -0.39 is 10.0 Å². The van der Waals surface area contributed by atoms with Crippen molar-refractivity contribution < 1.29 is 13.2 Å². The molecule has 6 heteroatoms. The third-order valence-corrected chi connectivity index (χ3v) is 4.98. The summed E-state index contributed by atoms with van der Waals surface area (Å²) in [6.45, 7) is 7.25. The van der Waals surface area contributed by atoms with Crippen molar-refractivity contribution in [2.45, 2.75) is 51.3 Å². The average molecular weight is 340 g/mol. The van der Waals surface area contributed by atoms with Crippen LogP contribution in [0.2, 0.25) is 0 Å². The van der Waals surface area contributed by atoms with Gasteiger partial charge in [-0.3, -0.25) is 4.79 Å². The van der Waals surface area contributed by atoms with Crippen LogP contribution in [-0.4, -0.2) is 27.4 Å². The van der Waals surface area contributed by atoms with Crippen LogP contribution in [0.25, 0.3) is 0 Å². The predicted molar refractivity (Wildman–Crippen MR) is 92.9 cm³/mol. The molecule has 1 amide bonds. The Morgan fingerprint density at radius 3 is 2.30 bits per heavy atom. The number of unbranched alkanes of at least 4 members (excludes halogenated alkanes) is 2. The van der Waals surface area contributed by atoms with E-state index in [4.69, 9.17) is 0 Å². The maximum atomic E-state index is 12.1. The minimum atomic E-state index is -3.50. The highest BCUT2D eigenvalue weighted by Crippen LogP contribution is 2.11. The van der Waals surface area contributed by atoms with Crippen molar-refractivity contribution in [2.24, 2.45) is 5.92 Å². The molecule has 0 fully saturated rings. The Balaban J connectivity index is 2.59. The fraction of sp³-hybridized carbons (Fsp3) is 0.588. The van der Waals surface area contributed by atoms with E-state index in [0.717, 1.165) is 25.7 Å². The van der Waals surface area contributed by atoms with Crippen LogP contribution in [0.3, 0.4) is 0 Å². The van der Waals surface area contributed by atoms with Crippen LogP contribution in [0.1, 0.15) is 56.8 Å². The zero-order chi connectivity index (χ0) is 17.3. The highest BCUT2D eigenvalue weighted by atomic mass is 32.2. The van der Waals surface area contributed by atoms with Gasteiger partial charge in [0.25, 0.3) is 5.91 Å². The number of carbonyl (C=O) groups excluding carboxylic acids is 1. The van der Waals surface area contributed by atoms with Gasteiger partial charge in [-0.2, -0.15) is 0 Å². The molecule has 0 unspecified atom stereocenters. The number of carbonyl (C=O) groups is 1. The van der Waals surface area contributed by atoms with Gasteiger partial charge in [-0.1, -0.05) is 33.6 Å². The predicted octanol–water partition coefficient (Wildman–Crippen LogP) is 2.93. The van der Waals surface area contributed by atoms with E-state index in [1.165, 1.54) is 12.1 Å². The lowest BCUT2D eigenvalue weighted by atomic mass is 10.1. The second kappa shape index (κ2) is 9.67. The molecule has 0 bridgehead atoms. The summed E-state index contributed by atoms with van der Waals surface area (Å²) in [5, 5.41) is 2.83. The van der Waals surface area contributed by atoms with E-state index in [0.29, 0.717) is 24.6 Å². The Morgan fingerprint density at radius 2 is 1.74 bits per heavy atom. The molecule has 0 heterocycles. The Hall–Kier alpha value is -1.40. The molecule has 0 radical (unpaired) electrons. The molecule has 1 aromatic rings. The van der Waals surface area contributed by atoms with Crippen molar-refractivity contribution in [1.29, 1.82) is 0 Å². The summed E-state index contributed by atoms with van der Waals surface area (Å²) in [5.41, 5.74) is 0.475. The van der Waals surface area contributed by atoms with Crippen molar-refractivity contribution in [2.75, 3.05) is 13.1 Å². The summed E-state index contributed by atoms with van der Waals surface area (Å²) < 4.78 is 26.8. The maximum absolute atomic E-state index is 12.1. The number of hydrogen-bond acceptors (Lipinski definition) is 3. The first-order chi connectivity index (χ1) is 10.9. The molecule has 0 saturated carbocycles. The number of hydrogen-bond donors (Lipinski definition) is 2. The summed E-state index contributed by atoms with van der Waals surface area (Å²) in [7, 11) is -3.50. The van der Waals surface area contributed by atoms with Gasteiger partial charge in [0.05, 0.1) is 4.90 Å². The van der Waals surface area contributed by atoms with E-state index in [1.807, 2.05) is 13.8 Å². The standard InChI is InChI=1S/C17H28N2O3S/c1-4-5-6-12-18-17(20)15-7-9-16(10-8-15)23(21,22)19-13-11-14(2)3/h7-10,14,19H,4-6,11-13H2,1-3H3,(H,18,20). The van der Waals surface area contributed by atoms with E-state index in [-0.39, 0.29) is 10.8 Å². The van der Waals surface area contributed by atoms with Crippen molar-refractivity contribution in [3.63, 3.8) is 0 Å². The van der Waals surface area contributed by atoms with Crippen molar-refractivity contribution in [3.8, 4) is 0 Å². The van der Waals surface area contributed by atoms with E-state index in [1.54, 1.807) is 12.1 Å². The van der Waals surface area contributed by atoms with Gasteiger partial charge in [-0.15, -0.1) is 0 Å². The van der Waals surface area contributed by atoms with Gasteiger partial charge in [0.15, 0.2) is 0 Å². The highest BCUT2D eigenvalue weighted by Gasteiger charge is 2.14. The minimum absolute atomic E-state index is 0.169. The van der Waals surface area contributed by atoms with E-state index in [2.05, 4.69) is 17.0 Å². The molecule has 130 valence electrons. The third kappa shape index (κ3) is 7.14. The summed E-state index contributed by atoms with van der Waals surface area (Å²) in [4.78, 5) is 12.1. The molecule has 0 aliphatic carbocycles. The normalized spacial score (nSPS) is 11.7. The molecule has 23 heavy (non-hydrogen) atoms. The molecule has 2 N–H and O–H groups in total. The second-order valence-electron chi connectivity index (χ2n) is 6.07. The number of sulfonamides is 1.